The molecule has 6 heteroatoms. The molecule has 7 aromatic carbocycles. The lowest BCUT2D eigenvalue weighted by molar-refractivity contribution is 0.649. The molecule has 13 aromatic rings. The Morgan fingerprint density at radius 3 is 1.71 bits per heavy atom. The van der Waals surface area contributed by atoms with E-state index >= 15 is 0 Å². The molecule has 0 spiro atoms. The maximum Gasteiger partial charge on any atom is 0.216 e. The van der Waals surface area contributed by atoms with Crippen LogP contribution in [0.4, 0.5) is 0 Å². The number of para-hydroxylation sites is 5. The van der Waals surface area contributed by atoms with Crippen molar-refractivity contribution in [1.82, 2.24) is 23.5 Å². The molecule has 6 nitrogen and oxygen atoms in total. The number of hydrogen-bond donors (Lipinski definition) is 0. The van der Waals surface area contributed by atoms with Crippen molar-refractivity contribution in [2.75, 3.05) is 0 Å². The number of benzene rings is 7. The molecule has 6 aromatic heterocycles. The fraction of sp³-hybridized carbons (Fsp3) is 0. The molecular weight excluding hydrogens is 687 g/mol. The van der Waals surface area contributed by atoms with Gasteiger partial charge < -0.3 is 8.98 Å². The number of pyridine rings is 2. The fourth-order valence-electron chi connectivity index (χ4n) is 9.19. The van der Waals surface area contributed by atoms with Crippen molar-refractivity contribution in [2.24, 2.45) is 0 Å². The van der Waals surface area contributed by atoms with Crippen LogP contribution in [0.2, 0.25) is 0 Å². The molecule has 0 atom stereocenters. The molecule has 0 radical (unpaired) electrons. The number of nitrogens with zero attached hydrogens (tertiary/aromatic N) is 5. The van der Waals surface area contributed by atoms with Gasteiger partial charge in [-0.3, -0.25) is 8.97 Å². The van der Waals surface area contributed by atoms with Gasteiger partial charge in [-0.1, -0.05) is 103 Å². The third-order valence-corrected chi connectivity index (χ3v) is 11.6. The van der Waals surface area contributed by atoms with Crippen LogP contribution in [0.5, 0.6) is 0 Å². The Morgan fingerprint density at radius 1 is 0.411 bits per heavy atom. The Bertz CT molecular complexity index is 3770. The van der Waals surface area contributed by atoms with E-state index in [4.69, 9.17) is 14.4 Å². The summed E-state index contributed by atoms with van der Waals surface area (Å²) in [5, 5.41) is 7.97. The van der Waals surface area contributed by atoms with Crippen molar-refractivity contribution in [3.05, 3.63) is 176 Å². The molecule has 0 saturated carbocycles. The minimum Gasteiger partial charge on any atom is -0.437 e. The van der Waals surface area contributed by atoms with Crippen LogP contribution in [0.3, 0.4) is 0 Å². The van der Waals surface area contributed by atoms with Crippen LogP contribution in [0.15, 0.2) is 180 Å². The van der Waals surface area contributed by atoms with E-state index in [1.165, 1.54) is 43.7 Å². The Hall–Kier alpha value is -7.70. The van der Waals surface area contributed by atoms with Crippen molar-refractivity contribution < 1.29 is 4.42 Å². The highest BCUT2D eigenvalue weighted by Gasteiger charge is 2.22. The quantitative estimate of drug-likeness (QED) is 0.183. The highest BCUT2D eigenvalue weighted by atomic mass is 16.3. The Balaban J connectivity index is 1.02. The van der Waals surface area contributed by atoms with Gasteiger partial charge in [0.25, 0.3) is 0 Å². The zero-order chi connectivity index (χ0) is 36.5. The maximum atomic E-state index is 6.69. The predicted molar refractivity (Wildman–Crippen MR) is 229 cm³/mol. The molecular formula is C50H29N5O. The van der Waals surface area contributed by atoms with Gasteiger partial charge in [-0.05, 0) is 83.9 Å². The predicted octanol–water partition coefficient (Wildman–Crippen LogP) is 12.8. The molecule has 0 saturated heterocycles. The van der Waals surface area contributed by atoms with E-state index in [0.717, 1.165) is 72.2 Å². The SMILES string of the molecule is c1ccc(-n2c3ccccc3c3cc(-c4ccc5c(c4)c4ccccc4n5-c4ccc5oc6c(c7ccccc7c7nc8ccccc8n76)c5n4)ccc32)cc1. The summed E-state index contributed by atoms with van der Waals surface area (Å²) in [7, 11) is 0. The van der Waals surface area contributed by atoms with Gasteiger partial charge in [-0.2, -0.15) is 0 Å². The van der Waals surface area contributed by atoms with Gasteiger partial charge in [0.15, 0.2) is 5.58 Å². The molecule has 0 unspecified atom stereocenters. The molecule has 0 aliphatic rings. The summed E-state index contributed by atoms with van der Waals surface area (Å²) in [4.78, 5) is 10.5. The van der Waals surface area contributed by atoms with Crippen molar-refractivity contribution in [2.45, 2.75) is 0 Å². The fourth-order valence-corrected chi connectivity index (χ4v) is 9.19. The summed E-state index contributed by atoms with van der Waals surface area (Å²) in [5.74, 6) is 0.842. The lowest BCUT2D eigenvalue weighted by Crippen LogP contribution is -1.97. The normalized spacial score (nSPS) is 12.3. The van der Waals surface area contributed by atoms with Gasteiger partial charge in [0, 0.05) is 38.0 Å². The molecule has 0 bridgehead atoms. The number of hydrogen-bond acceptors (Lipinski definition) is 3. The van der Waals surface area contributed by atoms with Crippen LogP contribution >= 0.6 is 0 Å². The Morgan fingerprint density at radius 2 is 0.982 bits per heavy atom. The van der Waals surface area contributed by atoms with Crippen molar-refractivity contribution in [3.63, 3.8) is 0 Å². The first kappa shape index (κ1) is 29.7. The van der Waals surface area contributed by atoms with Gasteiger partial charge in [-0.25, -0.2) is 9.97 Å². The number of rotatable bonds is 3. The first-order chi connectivity index (χ1) is 27.8. The largest absolute Gasteiger partial charge is 0.437 e. The summed E-state index contributed by atoms with van der Waals surface area (Å²) in [6.07, 6.45) is 0. The molecule has 0 N–H and O–H groups in total. The van der Waals surface area contributed by atoms with Crippen molar-refractivity contribution >= 4 is 93.3 Å². The second-order valence-corrected chi connectivity index (χ2v) is 14.6. The maximum absolute atomic E-state index is 6.69. The van der Waals surface area contributed by atoms with E-state index in [1.54, 1.807) is 0 Å². The average molecular weight is 716 g/mol. The van der Waals surface area contributed by atoms with Gasteiger partial charge in [0.2, 0.25) is 5.71 Å². The van der Waals surface area contributed by atoms with Crippen molar-refractivity contribution in [1.29, 1.82) is 0 Å². The third kappa shape index (κ3) is 3.94. The average Bonchev–Trinajstić information content (AvgIpc) is 4.01. The summed E-state index contributed by atoms with van der Waals surface area (Å²) >= 11 is 0. The monoisotopic (exact) mass is 715 g/mol. The topological polar surface area (TPSA) is 53.2 Å². The zero-order valence-corrected chi connectivity index (χ0v) is 29.9. The minimum absolute atomic E-state index is 0.742. The van der Waals surface area contributed by atoms with Gasteiger partial charge in [-0.15, -0.1) is 0 Å². The molecule has 0 aliphatic heterocycles. The van der Waals surface area contributed by atoms with E-state index < -0.39 is 0 Å². The Kier molecular flexibility index (Phi) is 5.80. The van der Waals surface area contributed by atoms with Crippen LogP contribution < -0.4 is 0 Å². The van der Waals surface area contributed by atoms with Crippen LogP contribution in [0.1, 0.15) is 0 Å². The second-order valence-electron chi connectivity index (χ2n) is 14.6. The van der Waals surface area contributed by atoms with E-state index in [9.17, 15) is 0 Å². The van der Waals surface area contributed by atoms with Crippen molar-refractivity contribution in [3.8, 4) is 22.6 Å². The lowest BCUT2D eigenvalue weighted by Gasteiger charge is -2.09. The molecule has 0 amide bonds. The van der Waals surface area contributed by atoms with E-state index in [1.807, 2.05) is 12.1 Å². The molecule has 0 aliphatic carbocycles. The summed E-state index contributed by atoms with van der Waals surface area (Å²) in [6.45, 7) is 0. The third-order valence-electron chi connectivity index (χ3n) is 11.6. The molecule has 56 heavy (non-hydrogen) atoms. The highest BCUT2D eigenvalue weighted by Crippen LogP contribution is 2.41. The smallest absolute Gasteiger partial charge is 0.216 e. The number of fused-ring (bicyclic) bond motifs is 16. The van der Waals surface area contributed by atoms with E-state index in [-0.39, 0.29) is 0 Å². The second kappa shape index (κ2) is 10.9. The van der Waals surface area contributed by atoms with Gasteiger partial charge in [0.1, 0.15) is 17.0 Å². The van der Waals surface area contributed by atoms with Crippen LogP contribution in [-0.4, -0.2) is 23.5 Å². The first-order valence-corrected chi connectivity index (χ1v) is 18.9. The summed E-state index contributed by atoms with van der Waals surface area (Å²) in [6, 6.07) is 62.5. The standard InChI is InChI=1S/C50H29N5O/c1-2-12-32(13-3-1)53-40-19-9-6-14-33(40)37-28-30(22-24-42(37)53)31-23-25-43-38(29-31)34-15-7-10-20-41(34)54(43)46-27-26-45-48(52-46)47-35-16-4-5-17-36(35)49-51-39-18-8-11-21-44(39)55(49)50(47)56-45/h1-29H. The lowest BCUT2D eigenvalue weighted by atomic mass is 10.0. The minimum atomic E-state index is 0.742. The highest BCUT2D eigenvalue weighted by molar-refractivity contribution is 6.21. The molecule has 0 fully saturated rings. The molecule has 13 rings (SSSR count). The van der Waals surface area contributed by atoms with Crippen LogP contribution in [0.25, 0.3) is 116 Å². The number of aromatic nitrogens is 5. The summed E-state index contributed by atoms with van der Waals surface area (Å²) < 4.78 is 13.5. The van der Waals surface area contributed by atoms with Gasteiger partial charge in [0.05, 0.1) is 38.5 Å². The molecule has 260 valence electrons. The van der Waals surface area contributed by atoms with Crippen LogP contribution in [0, 0.1) is 0 Å². The zero-order valence-electron chi connectivity index (χ0n) is 29.9. The first-order valence-electron chi connectivity index (χ1n) is 18.9. The van der Waals surface area contributed by atoms with E-state index in [0.29, 0.717) is 0 Å². The summed E-state index contributed by atoms with van der Waals surface area (Å²) in [5.41, 5.74) is 13.3. The molecule has 6 heterocycles. The number of furan rings is 1. The van der Waals surface area contributed by atoms with Crippen LogP contribution in [-0.2, 0) is 0 Å². The Labute approximate surface area is 318 Å². The van der Waals surface area contributed by atoms with E-state index in [2.05, 4.69) is 177 Å². The van der Waals surface area contributed by atoms with Gasteiger partial charge >= 0.3 is 0 Å². The number of imidazole rings is 1.